The van der Waals surface area contributed by atoms with Gasteiger partial charge in [0.05, 0.1) is 5.51 Å². The second kappa shape index (κ2) is 6.28. The largest absolute Gasteiger partial charge is 0.321 e. The first-order valence-electron chi connectivity index (χ1n) is 6.48. The number of rotatable bonds is 4. The maximum atomic E-state index is 11.9. The van der Waals surface area contributed by atoms with Crippen LogP contribution < -0.4 is 5.32 Å². The molecule has 0 aliphatic heterocycles. The third-order valence-corrected chi connectivity index (χ3v) is 3.62. The van der Waals surface area contributed by atoms with Gasteiger partial charge in [-0.25, -0.2) is 4.98 Å². The molecule has 4 nitrogen and oxygen atoms in total. The monoisotopic (exact) mass is 295 g/mol. The third-order valence-electron chi connectivity index (χ3n) is 3.03. The van der Waals surface area contributed by atoms with Crippen LogP contribution in [0.25, 0.3) is 0 Å². The van der Waals surface area contributed by atoms with Gasteiger partial charge >= 0.3 is 0 Å². The molecule has 0 saturated heterocycles. The lowest BCUT2D eigenvalue weighted by Crippen LogP contribution is -2.12. The van der Waals surface area contributed by atoms with E-state index in [9.17, 15) is 4.79 Å². The van der Waals surface area contributed by atoms with Crippen LogP contribution in [0.4, 0.5) is 5.69 Å². The number of hydrogen-bond acceptors (Lipinski definition) is 4. The standard InChI is InChI=1S/C16H13N3OS/c20-16(15-10-21-11-18-15)19-14-3-1-12(2-4-14)9-13-5-7-17-8-6-13/h1-8,10-11H,9H2,(H,19,20). The van der Waals surface area contributed by atoms with Gasteiger partial charge in [-0.15, -0.1) is 11.3 Å². The first kappa shape index (κ1) is 13.5. The van der Waals surface area contributed by atoms with E-state index in [0.717, 1.165) is 12.1 Å². The molecular weight excluding hydrogens is 282 g/mol. The molecule has 0 aliphatic carbocycles. The molecule has 0 saturated carbocycles. The van der Waals surface area contributed by atoms with Crippen LogP contribution >= 0.6 is 11.3 Å². The smallest absolute Gasteiger partial charge is 0.275 e. The predicted molar refractivity (Wildman–Crippen MR) is 83.6 cm³/mol. The number of pyridine rings is 1. The average Bonchev–Trinajstić information content (AvgIpc) is 3.05. The van der Waals surface area contributed by atoms with Crippen LogP contribution in [0.15, 0.2) is 59.7 Å². The van der Waals surface area contributed by atoms with Gasteiger partial charge in [-0.1, -0.05) is 12.1 Å². The molecule has 5 heteroatoms. The Kier molecular flexibility index (Phi) is 4.02. The highest BCUT2D eigenvalue weighted by Crippen LogP contribution is 2.14. The zero-order valence-electron chi connectivity index (χ0n) is 11.2. The van der Waals surface area contributed by atoms with Crippen LogP contribution in [0.5, 0.6) is 0 Å². The van der Waals surface area contributed by atoms with E-state index in [1.807, 2.05) is 36.4 Å². The first-order chi connectivity index (χ1) is 10.3. The van der Waals surface area contributed by atoms with Crippen LogP contribution in [-0.2, 0) is 6.42 Å². The SMILES string of the molecule is O=C(Nc1ccc(Cc2ccncc2)cc1)c1cscn1. The summed E-state index contributed by atoms with van der Waals surface area (Å²) in [6.07, 6.45) is 4.43. The van der Waals surface area contributed by atoms with Crippen molar-refractivity contribution in [1.82, 2.24) is 9.97 Å². The molecule has 104 valence electrons. The van der Waals surface area contributed by atoms with E-state index in [-0.39, 0.29) is 5.91 Å². The summed E-state index contributed by atoms with van der Waals surface area (Å²) in [6.45, 7) is 0. The van der Waals surface area contributed by atoms with Crippen LogP contribution in [0.3, 0.4) is 0 Å². The van der Waals surface area contributed by atoms with Gasteiger partial charge in [-0.2, -0.15) is 0 Å². The molecule has 3 rings (SSSR count). The summed E-state index contributed by atoms with van der Waals surface area (Å²) in [7, 11) is 0. The van der Waals surface area contributed by atoms with E-state index in [0.29, 0.717) is 5.69 Å². The highest BCUT2D eigenvalue weighted by Gasteiger charge is 2.07. The number of nitrogens with one attached hydrogen (secondary N) is 1. The van der Waals surface area contributed by atoms with Crippen LogP contribution in [0.1, 0.15) is 21.6 Å². The predicted octanol–water partition coefficient (Wildman–Crippen LogP) is 3.38. The Morgan fingerprint density at radius 3 is 2.43 bits per heavy atom. The number of carbonyl (C=O) groups is 1. The summed E-state index contributed by atoms with van der Waals surface area (Å²) >= 11 is 1.41. The zero-order valence-corrected chi connectivity index (χ0v) is 12.0. The Balaban J connectivity index is 1.65. The summed E-state index contributed by atoms with van der Waals surface area (Å²) < 4.78 is 0. The molecule has 2 aromatic heterocycles. The quantitative estimate of drug-likeness (QED) is 0.802. The second-order valence-electron chi connectivity index (χ2n) is 4.56. The Bertz CT molecular complexity index is 709. The van der Waals surface area contributed by atoms with Crippen molar-refractivity contribution >= 4 is 22.9 Å². The van der Waals surface area contributed by atoms with Crippen molar-refractivity contribution in [1.29, 1.82) is 0 Å². The van der Waals surface area contributed by atoms with Crippen molar-refractivity contribution in [2.24, 2.45) is 0 Å². The Morgan fingerprint density at radius 2 is 1.76 bits per heavy atom. The number of anilines is 1. The van der Waals surface area contributed by atoms with Crippen molar-refractivity contribution in [3.05, 3.63) is 76.5 Å². The van der Waals surface area contributed by atoms with Gasteiger partial charge in [0, 0.05) is 23.5 Å². The molecule has 0 radical (unpaired) electrons. The van der Waals surface area contributed by atoms with Gasteiger partial charge < -0.3 is 5.32 Å². The van der Waals surface area contributed by atoms with Gasteiger partial charge in [0.2, 0.25) is 0 Å². The van der Waals surface area contributed by atoms with E-state index in [1.54, 1.807) is 23.3 Å². The van der Waals surface area contributed by atoms with Crippen molar-refractivity contribution in [3.8, 4) is 0 Å². The van der Waals surface area contributed by atoms with Gasteiger partial charge in [-0.05, 0) is 41.8 Å². The minimum Gasteiger partial charge on any atom is -0.321 e. The fraction of sp³-hybridized carbons (Fsp3) is 0.0625. The van der Waals surface area contributed by atoms with Gasteiger partial charge in [0.1, 0.15) is 5.69 Å². The molecule has 0 spiro atoms. The Hall–Kier alpha value is -2.53. The molecule has 0 aliphatic rings. The van der Waals surface area contributed by atoms with Crippen molar-refractivity contribution in [2.45, 2.75) is 6.42 Å². The molecule has 0 fully saturated rings. The van der Waals surface area contributed by atoms with Crippen LogP contribution in [0, 0.1) is 0 Å². The number of nitrogens with zero attached hydrogens (tertiary/aromatic N) is 2. The molecule has 3 aromatic rings. The number of carbonyl (C=O) groups excluding carboxylic acids is 1. The minimum absolute atomic E-state index is 0.182. The minimum atomic E-state index is -0.182. The Labute approximate surface area is 126 Å². The summed E-state index contributed by atoms with van der Waals surface area (Å²) in [5, 5.41) is 4.56. The topological polar surface area (TPSA) is 54.9 Å². The van der Waals surface area contributed by atoms with E-state index >= 15 is 0 Å². The zero-order chi connectivity index (χ0) is 14.5. The number of hydrogen-bond donors (Lipinski definition) is 1. The second-order valence-corrected chi connectivity index (χ2v) is 5.28. The fourth-order valence-electron chi connectivity index (χ4n) is 1.96. The maximum Gasteiger partial charge on any atom is 0.275 e. The molecule has 1 aromatic carbocycles. The molecule has 0 unspecified atom stereocenters. The summed E-state index contributed by atoms with van der Waals surface area (Å²) in [6, 6.07) is 11.8. The lowest BCUT2D eigenvalue weighted by molar-refractivity contribution is 0.102. The molecule has 21 heavy (non-hydrogen) atoms. The number of amides is 1. The number of aromatic nitrogens is 2. The van der Waals surface area contributed by atoms with E-state index in [4.69, 9.17) is 0 Å². The van der Waals surface area contributed by atoms with E-state index < -0.39 is 0 Å². The lowest BCUT2D eigenvalue weighted by atomic mass is 10.1. The third kappa shape index (κ3) is 3.52. The molecule has 0 atom stereocenters. The highest BCUT2D eigenvalue weighted by atomic mass is 32.1. The van der Waals surface area contributed by atoms with E-state index in [1.165, 1.54) is 22.5 Å². The molecule has 1 amide bonds. The maximum absolute atomic E-state index is 11.9. The van der Waals surface area contributed by atoms with Crippen molar-refractivity contribution < 1.29 is 4.79 Å². The molecular formula is C16H13N3OS. The van der Waals surface area contributed by atoms with Gasteiger partial charge in [-0.3, -0.25) is 9.78 Å². The van der Waals surface area contributed by atoms with Crippen LogP contribution in [-0.4, -0.2) is 15.9 Å². The van der Waals surface area contributed by atoms with Crippen LogP contribution in [0.2, 0.25) is 0 Å². The highest BCUT2D eigenvalue weighted by molar-refractivity contribution is 7.07. The lowest BCUT2D eigenvalue weighted by Gasteiger charge is -2.05. The van der Waals surface area contributed by atoms with Crippen molar-refractivity contribution in [2.75, 3.05) is 5.32 Å². The average molecular weight is 295 g/mol. The molecule has 2 heterocycles. The summed E-state index contributed by atoms with van der Waals surface area (Å²) in [4.78, 5) is 19.9. The number of thiazole rings is 1. The first-order valence-corrected chi connectivity index (χ1v) is 7.43. The Morgan fingerprint density at radius 1 is 1.05 bits per heavy atom. The van der Waals surface area contributed by atoms with Gasteiger partial charge in [0.25, 0.3) is 5.91 Å². The summed E-state index contributed by atoms with van der Waals surface area (Å²) in [5.74, 6) is -0.182. The van der Waals surface area contributed by atoms with Gasteiger partial charge in [0.15, 0.2) is 0 Å². The number of benzene rings is 1. The fourth-order valence-corrected chi connectivity index (χ4v) is 2.49. The molecule has 0 bridgehead atoms. The van der Waals surface area contributed by atoms with E-state index in [2.05, 4.69) is 15.3 Å². The van der Waals surface area contributed by atoms with Crippen molar-refractivity contribution in [3.63, 3.8) is 0 Å². The summed E-state index contributed by atoms with van der Waals surface area (Å²) in [5.41, 5.74) is 5.26. The molecule has 1 N–H and O–H groups in total. The normalized spacial score (nSPS) is 10.3.